The number of hydrogen-bond acceptors (Lipinski definition) is 4. The van der Waals surface area contributed by atoms with Crippen LogP contribution in [-0.4, -0.2) is 18.3 Å². The number of aliphatic hydroxyl groups is 1. The predicted octanol–water partition coefficient (Wildman–Crippen LogP) is 3.07. The quantitative estimate of drug-likeness (QED) is 0.904. The van der Waals surface area contributed by atoms with Gasteiger partial charge in [-0.15, -0.1) is 11.3 Å². The first-order valence-corrected chi connectivity index (χ1v) is 6.78. The molecule has 0 unspecified atom stereocenters. The second-order valence-corrected chi connectivity index (χ2v) is 5.30. The fraction of sp³-hybridized carbons (Fsp3) is 0.286. The van der Waals surface area contributed by atoms with Crippen molar-refractivity contribution in [1.82, 2.24) is 0 Å². The van der Waals surface area contributed by atoms with Gasteiger partial charge in [-0.05, 0) is 35.9 Å². The maximum absolute atomic E-state index is 9.09. The molecule has 2 aromatic rings. The van der Waals surface area contributed by atoms with Crippen LogP contribution >= 0.6 is 11.3 Å². The van der Waals surface area contributed by atoms with Gasteiger partial charge in [-0.3, -0.25) is 0 Å². The van der Waals surface area contributed by atoms with Crippen LogP contribution in [0.15, 0.2) is 30.3 Å². The topological polar surface area (TPSA) is 38.7 Å². The fourth-order valence-electron chi connectivity index (χ4n) is 1.93. The highest BCUT2D eigenvalue weighted by atomic mass is 32.1. The van der Waals surface area contributed by atoms with Crippen LogP contribution < -0.4 is 9.47 Å². The van der Waals surface area contributed by atoms with E-state index < -0.39 is 0 Å². The molecule has 0 saturated carbocycles. The van der Waals surface area contributed by atoms with E-state index in [4.69, 9.17) is 14.6 Å². The van der Waals surface area contributed by atoms with Crippen molar-refractivity contribution < 1.29 is 14.6 Å². The van der Waals surface area contributed by atoms with E-state index in [0.717, 1.165) is 33.2 Å². The van der Waals surface area contributed by atoms with Crippen molar-refractivity contribution in [3.63, 3.8) is 0 Å². The molecule has 0 atom stereocenters. The first kappa shape index (κ1) is 11.6. The summed E-state index contributed by atoms with van der Waals surface area (Å²) in [5, 5.41) is 9.09. The highest BCUT2D eigenvalue weighted by molar-refractivity contribution is 7.15. The molecule has 1 N–H and O–H groups in total. The summed E-state index contributed by atoms with van der Waals surface area (Å²) in [5.74, 6) is 1.62. The summed E-state index contributed by atoms with van der Waals surface area (Å²) >= 11 is 1.60. The molecule has 0 fully saturated rings. The van der Waals surface area contributed by atoms with E-state index in [2.05, 4.69) is 0 Å². The summed E-state index contributed by atoms with van der Waals surface area (Å²) in [7, 11) is 0. The van der Waals surface area contributed by atoms with Crippen LogP contribution in [0.1, 0.15) is 11.3 Å². The van der Waals surface area contributed by atoms with Crippen LogP contribution in [0.5, 0.6) is 11.5 Å². The van der Waals surface area contributed by atoms with Crippen molar-refractivity contribution in [2.75, 3.05) is 13.2 Å². The number of hydrogen-bond donors (Lipinski definition) is 1. The highest BCUT2D eigenvalue weighted by Gasteiger charge is 2.12. The van der Waals surface area contributed by atoms with Crippen molar-refractivity contribution in [2.24, 2.45) is 0 Å². The van der Waals surface area contributed by atoms with Gasteiger partial charge in [-0.2, -0.15) is 0 Å². The molecular weight excluding hydrogens is 248 g/mol. The monoisotopic (exact) mass is 262 g/mol. The standard InChI is InChI=1S/C14H14O3S/c15-9-11-3-5-14(18-11)10-2-4-12-13(8-10)17-7-1-6-16-12/h2-5,8,15H,1,6-7,9H2. The van der Waals surface area contributed by atoms with E-state index in [0.29, 0.717) is 13.2 Å². The summed E-state index contributed by atoms with van der Waals surface area (Å²) in [5.41, 5.74) is 1.10. The second kappa shape index (κ2) is 5.00. The lowest BCUT2D eigenvalue weighted by molar-refractivity contribution is 0.285. The van der Waals surface area contributed by atoms with Crippen LogP contribution in [0.25, 0.3) is 10.4 Å². The molecule has 1 aromatic heterocycles. The van der Waals surface area contributed by atoms with E-state index in [1.54, 1.807) is 11.3 Å². The molecule has 0 amide bonds. The smallest absolute Gasteiger partial charge is 0.161 e. The van der Waals surface area contributed by atoms with E-state index >= 15 is 0 Å². The lowest BCUT2D eigenvalue weighted by Crippen LogP contribution is -1.97. The van der Waals surface area contributed by atoms with Crippen molar-refractivity contribution in [3.05, 3.63) is 35.2 Å². The number of rotatable bonds is 2. The van der Waals surface area contributed by atoms with Crippen LogP contribution in [0.3, 0.4) is 0 Å². The minimum absolute atomic E-state index is 0.0925. The lowest BCUT2D eigenvalue weighted by Gasteiger charge is -2.08. The maximum atomic E-state index is 9.09. The Balaban J connectivity index is 1.95. The second-order valence-electron chi connectivity index (χ2n) is 4.14. The maximum Gasteiger partial charge on any atom is 0.161 e. The van der Waals surface area contributed by atoms with E-state index in [9.17, 15) is 0 Å². The number of thiophene rings is 1. The predicted molar refractivity (Wildman–Crippen MR) is 71.3 cm³/mol. The van der Waals surface area contributed by atoms with Crippen LogP contribution in [0.4, 0.5) is 0 Å². The zero-order valence-corrected chi connectivity index (χ0v) is 10.7. The highest BCUT2D eigenvalue weighted by Crippen LogP contribution is 2.36. The molecule has 3 nitrogen and oxygen atoms in total. The van der Waals surface area contributed by atoms with Gasteiger partial charge in [-0.1, -0.05) is 0 Å². The molecule has 94 valence electrons. The molecule has 1 aliphatic heterocycles. The first-order valence-electron chi connectivity index (χ1n) is 5.96. The number of aliphatic hydroxyl groups excluding tert-OH is 1. The van der Waals surface area contributed by atoms with Gasteiger partial charge in [0.05, 0.1) is 19.8 Å². The average molecular weight is 262 g/mol. The first-order chi connectivity index (χ1) is 8.86. The molecule has 1 aliphatic rings. The minimum atomic E-state index is 0.0925. The van der Waals surface area contributed by atoms with Crippen LogP contribution in [0.2, 0.25) is 0 Å². The largest absolute Gasteiger partial charge is 0.490 e. The molecule has 0 saturated heterocycles. The molecule has 3 rings (SSSR count). The Kier molecular flexibility index (Phi) is 3.21. The zero-order chi connectivity index (χ0) is 12.4. The molecule has 4 heteroatoms. The SMILES string of the molecule is OCc1ccc(-c2ccc3c(c2)OCCCO3)s1. The van der Waals surface area contributed by atoms with E-state index in [1.807, 2.05) is 30.3 Å². The summed E-state index contributed by atoms with van der Waals surface area (Å²) in [4.78, 5) is 2.10. The van der Waals surface area contributed by atoms with Gasteiger partial charge in [0.25, 0.3) is 0 Å². The summed E-state index contributed by atoms with van der Waals surface area (Å²) in [6.07, 6.45) is 0.914. The minimum Gasteiger partial charge on any atom is -0.490 e. The van der Waals surface area contributed by atoms with Crippen LogP contribution in [-0.2, 0) is 6.61 Å². The zero-order valence-electron chi connectivity index (χ0n) is 9.89. The molecule has 0 radical (unpaired) electrons. The fourth-order valence-corrected chi connectivity index (χ4v) is 2.80. The van der Waals surface area contributed by atoms with Gasteiger partial charge in [-0.25, -0.2) is 0 Å². The van der Waals surface area contributed by atoms with Crippen molar-refractivity contribution in [1.29, 1.82) is 0 Å². The molecule has 0 spiro atoms. The third-order valence-electron chi connectivity index (χ3n) is 2.85. The van der Waals surface area contributed by atoms with Gasteiger partial charge in [0.2, 0.25) is 0 Å². The molecule has 2 heterocycles. The average Bonchev–Trinajstić information content (AvgIpc) is 2.76. The molecule has 0 bridgehead atoms. The summed E-state index contributed by atoms with van der Waals surface area (Å²) in [6.45, 7) is 1.50. The van der Waals surface area contributed by atoms with Gasteiger partial charge >= 0.3 is 0 Å². The van der Waals surface area contributed by atoms with Crippen molar-refractivity contribution >= 4 is 11.3 Å². The Morgan fingerprint density at radius 2 is 1.89 bits per heavy atom. The Bertz CT molecular complexity index is 548. The van der Waals surface area contributed by atoms with Crippen LogP contribution in [0, 0.1) is 0 Å². The Morgan fingerprint density at radius 3 is 2.67 bits per heavy atom. The van der Waals surface area contributed by atoms with Gasteiger partial charge in [0.15, 0.2) is 11.5 Å². The van der Waals surface area contributed by atoms with E-state index in [1.165, 1.54) is 0 Å². The molecule has 18 heavy (non-hydrogen) atoms. The Hall–Kier alpha value is -1.52. The Labute approximate surface area is 110 Å². The van der Waals surface area contributed by atoms with Gasteiger partial charge in [0, 0.05) is 16.2 Å². The third-order valence-corrected chi connectivity index (χ3v) is 3.97. The number of benzene rings is 1. The molecular formula is C14H14O3S. The van der Waals surface area contributed by atoms with Gasteiger partial charge < -0.3 is 14.6 Å². The molecule has 1 aromatic carbocycles. The summed E-state index contributed by atoms with van der Waals surface area (Å²) < 4.78 is 11.3. The third kappa shape index (κ3) is 2.21. The Morgan fingerprint density at radius 1 is 1.06 bits per heavy atom. The number of fused-ring (bicyclic) bond motifs is 1. The van der Waals surface area contributed by atoms with Crippen molar-refractivity contribution in [2.45, 2.75) is 13.0 Å². The summed E-state index contributed by atoms with van der Waals surface area (Å²) in [6, 6.07) is 9.96. The normalized spacial score (nSPS) is 14.3. The lowest BCUT2D eigenvalue weighted by atomic mass is 10.1. The number of ether oxygens (including phenoxy) is 2. The van der Waals surface area contributed by atoms with Gasteiger partial charge in [0.1, 0.15) is 0 Å². The molecule has 0 aliphatic carbocycles. The van der Waals surface area contributed by atoms with Crippen molar-refractivity contribution in [3.8, 4) is 21.9 Å². The van der Waals surface area contributed by atoms with E-state index in [-0.39, 0.29) is 6.61 Å².